The Hall–Kier alpha value is -3.73. The summed E-state index contributed by atoms with van der Waals surface area (Å²) < 4.78 is 16.7. The monoisotopic (exact) mass is 457 g/mol. The summed E-state index contributed by atoms with van der Waals surface area (Å²) in [6, 6.07) is 21.4. The lowest BCUT2D eigenvalue weighted by Crippen LogP contribution is -2.31. The van der Waals surface area contributed by atoms with Crippen molar-refractivity contribution in [2.24, 2.45) is 0 Å². The molecule has 34 heavy (non-hydrogen) atoms. The van der Waals surface area contributed by atoms with E-state index in [-0.39, 0.29) is 5.78 Å². The third kappa shape index (κ3) is 5.79. The van der Waals surface area contributed by atoms with Gasteiger partial charge in [-0.05, 0) is 78.9 Å². The van der Waals surface area contributed by atoms with Crippen LogP contribution in [-0.2, 0) is 6.42 Å². The molecule has 0 bridgehead atoms. The molecule has 4 rings (SSSR count). The van der Waals surface area contributed by atoms with Crippen LogP contribution in [0.3, 0.4) is 0 Å². The molecule has 0 unspecified atom stereocenters. The summed E-state index contributed by atoms with van der Waals surface area (Å²) in [5.41, 5.74) is 4.27. The van der Waals surface area contributed by atoms with Crippen LogP contribution < -0.4 is 19.1 Å². The normalized spacial score (nSPS) is 12.9. The number of fused-ring (bicyclic) bond motifs is 1. The maximum absolute atomic E-state index is 12.4. The summed E-state index contributed by atoms with van der Waals surface area (Å²) in [5, 5.41) is 0. The van der Waals surface area contributed by atoms with E-state index in [1.165, 1.54) is 17.7 Å². The molecular weight excluding hydrogens is 426 g/mol. The Kier molecular flexibility index (Phi) is 7.87. The Balaban J connectivity index is 1.31. The van der Waals surface area contributed by atoms with Gasteiger partial charge in [-0.15, -0.1) is 0 Å². The zero-order valence-corrected chi connectivity index (χ0v) is 19.8. The fourth-order valence-corrected chi connectivity index (χ4v) is 4.21. The van der Waals surface area contributed by atoms with E-state index in [9.17, 15) is 4.79 Å². The van der Waals surface area contributed by atoms with Crippen molar-refractivity contribution in [1.29, 1.82) is 0 Å². The highest BCUT2D eigenvalue weighted by Gasteiger charge is 2.15. The van der Waals surface area contributed by atoms with E-state index in [4.69, 9.17) is 14.2 Å². The van der Waals surface area contributed by atoms with Crippen molar-refractivity contribution in [3.63, 3.8) is 0 Å². The van der Waals surface area contributed by atoms with Gasteiger partial charge in [-0.3, -0.25) is 4.79 Å². The second-order valence-corrected chi connectivity index (χ2v) is 8.26. The van der Waals surface area contributed by atoms with Crippen molar-refractivity contribution in [1.82, 2.24) is 0 Å². The lowest BCUT2D eigenvalue weighted by atomic mass is 10.0. The van der Waals surface area contributed by atoms with E-state index in [1.54, 1.807) is 50.6 Å². The lowest BCUT2D eigenvalue weighted by Gasteiger charge is -2.31. The number of methoxy groups -OCH3 is 2. The molecule has 3 aromatic carbocycles. The average Bonchev–Trinajstić information content (AvgIpc) is 2.90. The predicted octanol–water partition coefficient (Wildman–Crippen LogP) is 5.82. The number of para-hydroxylation sites is 1. The predicted molar refractivity (Wildman–Crippen MR) is 136 cm³/mol. The summed E-state index contributed by atoms with van der Waals surface area (Å²) in [6.07, 6.45) is 6.63. The number of nitrogens with zero attached hydrogens (tertiary/aromatic N) is 1. The minimum Gasteiger partial charge on any atom is -0.497 e. The topological polar surface area (TPSA) is 48.0 Å². The van der Waals surface area contributed by atoms with Crippen LogP contribution in [0.15, 0.2) is 72.8 Å². The first-order chi connectivity index (χ1) is 16.7. The molecule has 0 aliphatic carbocycles. The van der Waals surface area contributed by atoms with Gasteiger partial charge in [0.05, 0.1) is 20.8 Å². The van der Waals surface area contributed by atoms with E-state index < -0.39 is 0 Å². The van der Waals surface area contributed by atoms with Crippen molar-refractivity contribution in [3.8, 4) is 17.2 Å². The Bertz CT molecular complexity index is 1140. The van der Waals surface area contributed by atoms with Crippen LogP contribution in [0.1, 0.15) is 34.3 Å². The maximum Gasteiger partial charge on any atom is 0.185 e. The average molecular weight is 458 g/mol. The molecule has 3 aromatic rings. The number of aryl methyl sites for hydroxylation is 1. The van der Waals surface area contributed by atoms with Gasteiger partial charge in [0.25, 0.3) is 0 Å². The lowest BCUT2D eigenvalue weighted by molar-refractivity contribution is 0.104. The van der Waals surface area contributed by atoms with Crippen LogP contribution >= 0.6 is 0 Å². The van der Waals surface area contributed by atoms with Crippen LogP contribution in [0.25, 0.3) is 6.08 Å². The maximum atomic E-state index is 12.4. The fourth-order valence-electron chi connectivity index (χ4n) is 4.21. The molecular formula is C29H31NO4. The number of benzene rings is 3. The molecule has 0 spiro atoms. The van der Waals surface area contributed by atoms with Gasteiger partial charge in [0.1, 0.15) is 5.75 Å². The van der Waals surface area contributed by atoms with Crippen LogP contribution in [0.2, 0.25) is 0 Å². The van der Waals surface area contributed by atoms with Crippen LogP contribution in [0.5, 0.6) is 17.2 Å². The largest absolute Gasteiger partial charge is 0.497 e. The number of ketones is 1. The summed E-state index contributed by atoms with van der Waals surface area (Å²) in [7, 11) is 3.23. The van der Waals surface area contributed by atoms with Gasteiger partial charge in [0.15, 0.2) is 17.3 Å². The van der Waals surface area contributed by atoms with Crippen LogP contribution in [-0.4, -0.2) is 39.7 Å². The standard InChI is InChI=1S/C29H31NO4/c1-32-25-14-12-24(13-15-25)27(31)16-10-22-11-17-28(29(21-22)33-2)34-20-6-19-30-18-5-8-23-7-3-4-9-26(23)30/h3-4,7,9-17,21H,5-6,8,18-20H2,1-2H3/b16-10+. The number of ether oxygens (including phenoxy) is 3. The second kappa shape index (κ2) is 11.4. The number of hydrogen-bond acceptors (Lipinski definition) is 5. The highest BCUT2D eigenvalue weighted by atomic mass is 16.5. The zero-order chi connectivity index (χ0) is 23.8. The van der Waals surface area contributed by atoms with Crippen LogP contribution in [0.4, 0.5) is 5.69 Å². The van der Waals surface area contributed by atoms with Crippen molar-refractivity contribution < 1.29 is 19.0 Å². The Morgan fingerprint density at radius 1 is 0.971 bits per heavy atom. The summed E-state index contributed by atoms with van der Waals surface area (Å²) >= 11 is 0. The van der Waals surface area contributed by atoms with Crippen LogP contribution in [0, 0.1) is 0 Å². The molecule has 0 atom stereocenters. The Labute approximate surface area is 201 Å². The number of rotatable bonds is 10. The highest BCUT2D eigenvalue weighted by Crippen LogP contribution is 2.30. The first-order valence-electron chi connectivity index (χ1n) is 11.7. The Morgan fingerprint density at radius 3 is 2.59 bits per heavy atom. The molecule has 1 heterocycles. The number of carbonyl (C=O) groups is 1. The third-order valence-electron chi connectivity index (χ3n) is 6.03. The molecule has 0 radical (unpaired) electrons. The van der Waals surface area contributed by atoms with E-state index in [0.29, 0.717) is 23.7 Å². The molecule has 1 aliphatic rings. The van der Waals surface area contributed by atoms with Gasteiger partial charge in [-0.1, -0.05) is 30.3 Å². The number of anilines is 1. The SMILES string of the molecule is COc1ccc(C(=O)/C=C/c2ccc(OCCCN3CCCc4ccccc43)c(OC)c2)cc1. The molecule has 0 saturated heterocycles. The van der Waals surface area contributed by atoms with Crippen molar-refractivity contribution in [2.75, 3.05) is 38.8 Å². The van der Waals surface area contributed by atoms with Gasteiger partial charge in [0.2, 0.25) is 0 Å². The van der Waals surface area contributed by atoms with Gasteiger partial charge in [-0.2, -0.15) is 0 Å². The molecule has 5 heteroatoms. The second-order valence-electron chi connectivity index (χ2n) is 8.26. The molecule has 5 nitrogen and oxygen atoms in total. The molecule has 1 aliphatic heterocycles. The summed E-state index contributed by atoms with van der Waals surface area (Å²) in [6.45, 7) is 2.67. The zero-order valence-electron chi connectivity index (χ0n) is 19.8. The molecule has 0 aromatic heterocycles. The van der Waals surface area contributed by atoms with Gasteiger partial charge < -0.3 is 19.1 Å². The minimum absolute atomic E-state index is 0.0683. The fraction of sp³-hybridized carbons (Fsp3) is 0.276. The first kappa shape index (κ1) is 23.4. The van der Waals surface area contributed by atoms with E-state index >= 15 is 0 Å². The van der Waals surface area contributed by atoms with Gasteiger partial charge in [0, 0.05) is 24.3 Å². The van der Waals surface area contributed by atoms with Crippen molar-refractivity contribution >= 4 is 17.5 Å². The van der Waals surface area contributed by atoms with Gasteiger partial charge >= 0.3 is 0 Å². The van der Waals surface area contributed by atoms with Crippen molar-refractivity contribution in [2.45, 2.75) is 19.3 Å². The summed E-state index contributed by atoms with van der Waals surface area (Å²) in [5.74, 6) is 2.02. The molecule has 0 amide bonds. The minimum atomic E-state index is -0.0683. The van der Waals surface area contributed by atoms with E-state index in [0.717, 1.165) is 37.2 Å². The smallest absolute Gasteiger partial charge is 0.185 e. The Morgan fingerprint density at radius 2 is 1.79 bits per heavy atom. The van der Waals surface area contributed by atoms with Crippen molar-refractivity contribution in [3.05, 3.63) is 89.5 Å². The quantitative estimate of drug-likeness (QED) is 0.218. The van der Waals surface area contributed by atoms with E-state index in [2.05, 4.69) is 29.2 Å². The molecule has 0 N–H and O–H groups in total. The van der Waals surface area contributed by atoms with Gasteiger partial charge in [-0.25, -0.2) is 0 Å². The highest BCUT2D eigenvalue weighted by molar-refractivity contribution is 6.06. The third-order valence-corrected chi connectivity index (χ3v) is 6.03. The molecule has 176 valence electrons. The molecule has 0 saturated carbocycles. The number of hydrogen-bond donors (Lipinski definition) is 0. The summed E-state index contributed by atoms with van der Waals surface area (Å²) in [4.78, 5) is 14.9. The number of allylic oxidation sites excluding steroid dienone is 1. The molecule has 0 fully saturated rings. The first-order valence-corrected chi connectivity index (χ1v) is 11.7. The number of carbonyl (C=O) groups excluding carboxylic acids is 1. The van der Waals surface area contributed by atoms with E-state index in [1.807, 2.05) is 18.2 Å².